The van der Waals surface area contributed by atoms with Gasteiger partial charge >= 0.3 is 0 Å². The number of hydrogen-bond donors (Lipinski definition) is 2. The Labute approximate surface area is 123 Å². The van der Waals surface area contributed by atoms with E-state index in [1.54, 1.807) is 6.07 Å². The summed E-state index contributed by atoms with van der Waals surface area (Å²) in [7, 11) is 0. The molecule has 0 unspecified atom stereocenters. The molecule has 0 spiro atoms. The molecular formula is C17H21FN2O. The maximum Gasteiger partial charge on any atom is 0.256 e. The average molecular weight is 288 g/mol. The van der Waals surface area contributed by atoms with Crippen LogP contribution in [0, 0.1) is 11.7 Å². The monoisotopic (exact) mass is 288 g/mol. The van der Waals surface area contributed by atoms with Crippen molar-refractivity contribution in [1.29, 1.82) is 0 Å². The fraction of sp³-hybridized carbons (Fsp3) is 0.471. The molecule has 1 aromatic carbocycles. The van der Waals surface area contributed by atoms with Crippen molar-refractivity contribution in [3.8, 4) is 0 Å². The SMILES string of the molecule is CC(C)CN[C@@H]1CCCc2[nH]c(=O)c3cc(F)ccc3c21. The van der Waals surface area contributed by atoms with E-state index >= 15 is 0 Å². The summed E-state index contributed by atoms with van der Waals surface area (Å²) >= 11 is 0. The first-order valence-electron chi connectivity index (χ1n) is 7.64. The lowest BCUT2D eigenvalue weighted by Gasteiger charge is -2.28. The molecule has 21 heavy (non-hydrogen) atoms. The molecular weight excluding hydrogens is 267 g/mol. The number of H-pyrrole nitrogens is 1. The molecule has 4 heteroatoms. The maximum absolute atomic E-state index is 13.4. The van der Waals surface area contributed by atoms with E-state index in [2.05, 4.69) is 24.1 Å². The van der Waals surface area contributed by atoms with Crippen molar-refractivity contribution in [2.45, 2.75) is 39.2 Å². The molecule has 1 aromatic heterocycles. The average Bonchev–Trinajstić information content (AvgIpc) is 2.45. The summed E-state index contributed by atoms with van der Waals surface area (Å²) in [6.07, 6.45) is 3.00. The van der Waals surface area contributed by atoms with Gasteiger partial charge in [-0.2, -0.15) is 0 Å². The molecule has 2 aromatic rings. The summed E-state index contributed by atoms with van der Waals surface area (Å²) in [5, 5.41) is 4.92. The van der Waals surface area contributed by atoms with Gasteiger partial charge in [0.1, 0.15) is 5.82 Å². The molecule has 0 aliphatic heterocycles. The van der Waals surface area contributed by atoms with Crippen LogP contribution < -0.4 is 10.9 Å². The highest BCUT2D eigenvalue weighted by Gasteiger charge is 2.24. The zero-order chi connectivity index (χ0) is 15.0. The molecule has 3 nitrogen and oxygen atoms in total. The van der Waals surface area contributed by atoms with E-state index in [9.17, 15) is 9.18 Å². The minimum Gasteiger partial charge on any atom is -0.325 e. The van der Waals surface area contributed by atoms with Crippen molar-refractivity contribution in [3.63, 3.8) is 0 Å². The fourth-order valence-corrected chi connectivity index (χ4v) is 3.18. The molecule has 1 atom stereocenters. The number of hydrogen-bond acceptors (Lipinski definition) is 2. The van der Waals surface area contributed by atoms with Crippen molar-refractivity contribution in [3.05, 3.63) is 45.6 Å². The quantitative estimate of drug-likeness (QED) is 0.910. The molecule has 0 saturated heterocycles. The highest BCUT2D eigenvalue weighted by Crippen LogP contribution is 2.33. The number of halogens is 1. The zero-order valence-electron chi connectivity index (χ0n) is 12.5. The zero-order valence-corrected chi connectivity index (χ0v) is 12.5. The van der Waals surface area contributed by atoms with Gasteiger partial charge in [-0.05, 0) is 54.8 Å². The minimum atomic E-state index is -0.365. The number of aromatic amines is 1. The molecule has 1 heterocycles. The van der Waals surface area contributed by atoms with E-state index < -0.39 is 0 Å². The van der Waals surface area contributed by atoms with Crippen LogP contribution in [0.3, 0.4) is 0 Å². The van der Waals surface area contributed by atoms with Crippen LogP contribution in [-0.4, -0.2) is 11.5 Å². The Morgan fingerprint density at radius 3 is 2.95 bits per heavy atom. The Balaban J connectivity index is 2.14. The van der Waals surface area contributed by atoms with Gasteiger partial charge in [0, 0.05) is 11.7 Å². The number of aryl methyl sites for hydroxylation is 1. The van der Waals surface area contributed by atoms with Crippen LogP contribution in [0.5, 0.6) is 0 Å². The Morgan fingerprint density at radius 2 is 2.19 bits per heavy atom. The van der Waals surface area contributed by atoms with Gasteiger partial charge in [-0.15, -0.1) is 0 Å². The Hall–Kier alpha value is -1.68. The summed E-state index contributed by atoms with van der Waals surface area (Å²) in [6, 6.07) is 4.76. The van der Waals surface area contributed by atoms with Crippen molar-refractivity contribution >= 4 is 10.8 Å². The molecule has 1 aliphatic rings. The van der Waals surface area contributed by atoms with Gasteiger partial charge in [-0.25, -0.2) is 4.39 Å². The van der Waals surface area contributed by atoms with E-state index in [4.69, 9.17) is 0 Å². The van der Waals surface area contributed by atoms with Gasteiger partial charge < -0.3 is 10.3 Å². The maximum atomic E-state index is 13.4. The highest BCUT2D eigenvalue weighted by molar-refractivity contribution is 5.86. The van der Waals surface area contributed by atoms with E-state index in [0.29, 0.717) is 11.3 Å². The predicted octanol–water partition coefficient (Wildman–Crippen LogP) is 3.29. The Kier molecular flexibility index (Phi) is 3.81. The van der Waals surface area contributed by atoms with Crippen LogP contribution in [0.15, 0.2) is 23.0 Å². The van der Waals surface area contributed by atoms with Crippen molar-refractivity contribution in [2.24, 2.45) is 5.92 Å². The number of nitrogens with one attached hydrogen (secondary N) is 2. The first-order chi connectivity index (χ1) is 10.1. The molecule has 2 N–H and O–H groups in total. The van der Waals surface area contributed by atoms with Crippen LogP contribution >= 0.6 is 0 Å². The normalized spacial score (nSPS) is 18.2. The Bertz CT molecular complexity index is 721. The summed E-state index contributed by atoms with van der Waals surface area (Å²) in [6.45, 7) is 5.29. The lowest BCUT2D eigenvalue weighted by molar-refractivity contribution is 0.425. The summed E-state index contributed by atoms with van der Waals surface area (Å²) < 4.78 is 13.4. The van der Waals surface area contributed by atoms with Gasteiger partial charge in [0.05, 0.1) is 5.39 Å². The van der Waals surface area contributed by atoms with Crippen LogP contribution in [-0.2, 0) is 6.42 Å². The first kappa shape index (κ1) is 14.3. The van der Waals surface area contributed by atoms with Gasteiger partial charge in [0.2, 0.25) is 0 Å². The van der Waals surface area contributed by atoms with Crippen LogP contribution in [0.1, 0.15) is 44.0 Å². The lowest BCUT2D eigenvalue weighted by atomic mass is 9.87. The van der Waals surface area contributed by atoms with Gasteiger partial charge in [0.25, 0.3) is 5.56 Å². The van der Waals surface area contributed by atoms with Gasteiger partial charge in [0.15, 0.2) is 0 Å². The van der Waals surface area contributed by atoms with Crippen LogP contribution in [0.4, 0.5) is 4.39 Å². The van der Waals surface area contributed by atoms with E-state index in [0.717, 1.165) is 42.5 Å². The van der Waals surface area contributed by atoms with Crippen molar-refractivity contribution < 1.29 is 4.39 Å². The predicted molar refractivity (Wildman–Crippen MR) is 83.0 cm³/mol. The van der Waals surface area contributed by atoms with Crippen molar-refractivity contribution in [1.82, 2.24) is 10.3 Å². The number of fused-ring (bicyclic) bond motifs is 3. The van der Waals surface area contributed by atoms with Gasteiger partial charge in [-0.3, -0.25) is 4.79 Å². The first-order valence-corrected chi connectivity index (χ1v) is 7.64. The smallest absolute Gasteiger partial charge is 0.256 e. The minimum absolute atomic E-state index is 0.187. The largest absolute Gasteiger partial charge is 0.325 e. The third kappa shape index (κ3) is 2.72. The van der Waals surface area contributed by atoms with Crippen LogP contribution in [0.2, 0.25) is 0 Å². The van der Waals surface area contributed by atoms with E-state index in [1.165, 1.54) is 12.1 Å². The summed E-state index contributed by atoms with van der Waals surface area (Å²) in [5.41, 5.74) is 1.97. The highest BCUT2D eigenvalue weighted by atomic mass is 19.1. The molecule has 0 amide bonds. The molecule has 0 fully saturated rings. The third-order valence-electron chi connectivity index (χ3n) is 4.15. The molecule has 0 bridgehead atoms. The number of benzene rings is 1. The van der Waals surface area contributed by atoms with Gasteiger partial charge in [-0.1, -0.05) is 19.9 Å². The summed E-state index contributed by atoms with van der Waals surface area (Å²) in [5.74, 6) is 0.206. The standard InChI is InChI=1S/C17H21FN2O/c1-10(2)9-19-14-4-3-5-15-16(14)12-7-6-11(18)8-13(12)17(21)20-15/h6-8,10,14,19H,3-5,9H2,1-2H3,(H,20,21)/t14-/m1/s1. The number of pyridine rings is 1. The second kappa shape index (κ2) is 5.60. The second-order valence-corrected chi connectivity index (χ2v) is 6.28. The molecule has 0 radical (unpaired) electrons. The molecule has 1 aliphatic carbocycles. The van der Waals surface area contributed by atoms with Crippen molar-refractivity contribution in [2.75, 3.05) is 6.54 Å². The summed E-state index contributed by atoms with van der Waals surface area (Å²) in [4.78, 5) is 15.1. The molecule has 3 rings (SSSR count). The Morgan fingerprint density at radius 1 is 1.38 bits per heavy atom. The van der Waals surface area contributed by atoms with E-state index in [-0.39, 0.29) is 17.4 Å². The number of rotatable bonds is 3. The molecule has 0 saturated carbocycles. The second-order valence-electron chi connectivity index (χ2n) is 6.28. The molecule has 112 valence electrons. The lowest BCUT2D eigenvalue weighted by Crippen LogP contribution is -2.30. The number of aromatic nitrogens is 1. The van der Waals surface area contributed by atoms with E-state index in [1.807, 2.05) is 0 Å². The fourth-order valence-electron chi connectivity index (χ4n) is 3.18. The van der Waals surface area contributed by atoms with Crippen LogP contribution in [0.25, 0.3) is 10.8 Å². The third-order valence-corrected chi connectivity index (χ3v) is 4.15. The topological polar surface area (TPSA) is 44.9 Å².